The fraction of sp³-hybridized carbons (Fsp3) is 0.929. The molecule has 1 atom stereocenters. The lowest BCUT2D eigenvalue weighted by atomic mass is 9.89. The molecule has 2 fully saturated rings. The van der Waals surface area contributed by atoms with Gasteiger partial charge in [0.25, 0.3) is 0 Å². The predicted octanol–water partition coefficient (Wildman–Crippen LogP) is 2.12. The quantitative estimate of drug-likeness (QED) is 0.749. The summed E-state index contributed by atoms with van der Waals surface area (Å²) < 4.78 is 0. The highest BCUT2D eigenvalue weighted by Gasteiger charge is 2.38. The molecule has 2 aliphatic rings. The Labute approximate surface area is 105 Å². The van der Waals surface area contributed by atoms with Crippen molar-refractivity contribution < 1.29 is 4.79 Å². The average molecular weight is 238 g/mol. The van der Waals surface area contributed by atoms with E-state index in [9.17, 15) is 4.79 Å². The lowest BCUT2D eigenvalue weighted by molar-refractivity contribution is -0.135. The molecule has 0 radical (unpaired) electrons. The molecule has 1 saturated carbocycles. The van der Waals surface area contributed by atoms with Gasteiger partial charge in [-0.1, -0.05) is 6.92 Å². The third-order valence-corrected chi connectivity index (χ3v) is 4.41. The van der Waals surface area contributed by atoms with Crippen LogP contribution >= 0.6 is 0 Å². The van der Waals surface area contributed by atoms with E-state index in [-0.39, 0.29) is 0 Å². The lowest BCUT2D eigenvalue weighted by Crippen LogP contribution is -2.47. The van der Waals surface area contributed by atoms with Crippen LogP contribution in [0.5, 0.6) is 0 Å². The number of amides is 1. The summed E-state index contributed by atoms with van der Waals surface area (Å²) in [6, 6.07) is 1.01. The fourth-order valence-corrected chi connectivity index (χ4v) is 3.04. The highest BCUT2D eigenvalue weighted by atomic mass is 16.2. The second kappa shape index (κ2) is 5.38. The van der Waals surface area contributed by atoms with Crippen molar-refractivity contribution in [3.05, 3.63) is 0 Å². The molecule has 17 heavy (non-hydrogen) atoms. The normalized spacial score (nSPS) is 24.6. The molecule has 0 aromatic heterocycles. The van der Waals surface area contributed by atoms with Gasteiger partial charge in [-0.05, 0) is 58.7 Å². The third kappa shape index (κ3) is 3.01. The van der Waals surface area contributed by atoms with Gasteiger partial charge >= 0.3 is 0 Å². The van der Waals surface area contributed by atoms with Crippen LogP contribution in [0.1, 0.15) is 46.0 Å². The Morgan fingerprint density at radius 1 is 1.29 bits per heavy atom. The number of hydrogen-bond acceptors (Lipinski definition) is 2. The van der Waals surface area contributed by atoms with Gasteiger partial charge in [0.1, 0.15) is 0 Å². The van der Waals surface area contributed by atoms with Crippen molar-refractivity contribution >= 4 is 5.91 Å². The molecule has 0 spiro atoms. The SMILES string of the molecule is CCC(=O)N(C1CC1)C(C)C1CCN(C)CC1. The highest BCUT2D eigenvalue weighted by molar-refractivity contribution is 5.76. The van der Waals surface area contributed by atoms with Crippen molar-refractivity contribution in [3.63, 3.8) is 0 Å². The van der Waals surface area contributed by atoms with Gasteiger partial charge < -0.3 is 9.80 Å². The predicted molar refractivity (Wildman–Crippen MR) is 69.8 cm³/mol. The first kappa shape index (κ1) is 12.9. The van der Waals surface area contributed by atoms with E-state index >= 15 is 0 Å². The molecule has 0 aromatic rings. The summed E-state index contributed by atoms with van der Waals surface area (Å²) in [7, 11) is 2.19. The topological polar surface area (TPSA) is 23.6 Å². The first-order valence-electron chi connectivity index (χ1n) is 7.13. The van der Waals surface area contributed by atoms with Crippen molar-refractivity contribution in [3.8, 4) is 0 Å². The van der Waals surface area contributed by atoms with E-state index in [1.54, 1.807) is 0 Å². The standard InChI is InChI=1S/C14H26N2O/c1-4-14(17)16(13-5-6-13)11(2)12-7-9-15(3)10-8-12/h11-13H,4-10H2,1-3H3. The maximum absolute atomic E-state index is 12.1. The van der Waals surface area contributed by atoms with Crippen molar-refractivity contribution in [2.24, 2.45) is 5.92 Å². The first-order valence-corrected chi connectivity index (χ1v) is 7.13. The Balaban J connectivity index is 1.96. The molecule has 1 aliphatic heterocycles. The zero-order valence-corrected chi connectivity index (χ0v) is 11.5. The van der Waals surface area contributed by atoms with Gasteiger partial charge in [0.05, 0.1) is 0 Å². The molecule has 0 bridgehead atoms. The molecule has 0 aromatic carbocycles. The van der Waals surface area contributed by atoms with E-state index < -0.39 is 0 Å². The van der Waals surface area contributed by atoms with Gasteiger partial charge in [0.2, 0.25) is 5.91 Å². The number of carbonyl (C=O) groups excluding carboxylic acids is 1. The number of piperidine rings is 1. The van der Waals surface area contributed by atoms with E-state index in [4.69, 9.17) is 0 Å². The maximum Gasteiger partial charge on any atom is 0.222 e. The van der Waals surface area contributed by atoms with Crippen LogP contribution in [0.3, 0.4) is 0 Å². The van der Waals surface area contributed by atoms with Crippen LogP contribution in [0, 0.1) is 5.92 Å². The summed E-state index contributed by atoms with van der Waals surface area (Å²) in [5, 5.41) is 0. The average Bonchev–Trinajstić information content (AvgIpc) is 3.14. The molecular formula is C14H26N2O. The number of nitrogens with zero attached hydrogens (tertiary/aromatic N) is 2. The number of likely N-dealkylation sites (tertiary alicyclic amines) is 1. The Morgan fingerprint density at radius 2 is 1.88 bits per heavy atom. The Kier molecular flexibility index (Phi) is 4.08. The fourth-order valence-electron chi connectivity index (χ4n) is 3.04. The van der Waals surface area contributed by atoms with E-state index in [0.29, 0.717) is 30.3 Å². The molecule has 1 saturated heterocycles. The van der Waals surface area contributed by atoms with Crippen molar-refractivity contribution in [1.82, 2.24) is 9.80 Å². The number of rotatable bonds is 4. The highest BCUT2D eigenvalue weighted by Crippen LogP contribution is 2.33. The van der Waals surface area contributed by atoms with Crippen molar-refractivity contribution in [2.75, 3.05) is 20.1 Å². The second-order valence-electron chi connectivity index (χ2n) is 5.77. The minimum atomic E-state index is 0.360. The molecule has 0 N–H and O–H groups in total. The van der Waals surface area contributed by atoms with E-state index in [2.05, 4.69) is 23.8 Å². The molecule has 98 valence electrons. The largest absolute Gasteiger partial charge is 0.337 e. The number of hydrogen-bond donors (Lipinski definition) is 0. The zero-order chi connectivity index (χ0) is 12.4. The van der Waals surface area contributed by atoms with Gasteiger partial charge in [0, 0.05) is 18.5 Å². The maximum atomic E-state index is 12.1. The lowest BCUT2D eigenvalue weighted by Gasteiger charge is -2.39. The molecule has 2 rings (SSSR count). The van der Waals surface area contributed by atoms with E-state index in [1.165, 1.54) is 38.8 Å². The zero-order valence-electron chi connectivity index (χ0n) is 11.5. The van der Waals surface area contributed by atoms with Crippen LogP contribution in [0.2, 0.25) is 0 Å². The molecule has 1 heterocycles. The van der Waals surface area contributed by atoms with Gasteiger partial charge in [-0.3, -0.25) is 4.79 Å². The number of carbonyl (C=O) groups is 1. The van der Waals surface area contributed by atoms with E-state index in [0.717, 1.165) is 0 Å². The smallest absolute Gasteiger partial charge is 0.222 e. The van der Waals surface area contributed by atoms with E-state index in [1.807, 2.05) is 6.92 Å². The van der Waals surface area contributed by atoms with Crippen molar-refractivity contribution in [1.29, 1.82) is 0 Å². The summed E-state index contributed by atoms with van der Waals surface area (Å²) in [5.41, 5.74) is 0. The van der Waals surface area contributed by atoms with Gasteiger partial charge in [-0.2, -0.15) is 0 Å². The van der Waals surface area contributed by atoms with Gasteiger partial charge in [-0.25, -0.2) is 0 Å². The second-order valence-corrected chi connectivity index (χ2v) is 5.77. The minimum absolute atomic E-state index is 0.360. The summed E-state index contributed by atoms with van der Waals surface area (Å²) in [4.78, 5) is 16.7. The van der Waals surface area contributed by atoms with Gasteiger partial charge in [-0.15, -0.1) is 0 Å². The Hall–Kier alpha value is -0.570. The van der Waals surface area contributed by atoms with Crippen LogP contribution in [0.25, 0.3) is 0 Å². The molecule has 1 amide bonds. The van der Waals surface area contributed by atoms with Crippen LogP contribution < -0.4 is 0 Å². The summed E-state index contributed by atoms with van der Waals surface area (Å²) >= 11 is 0. The Bertz CT molecular complexity index is 267. The van der Waals surface area contributed by atoms with Crippen molar-refractivity contribution in [2.45, 2.75) is 58.0 Å². The summed E-state index contributed by atoms with van der Waals surface area (Å²) in [5.74, 6) is 1.07. The molecular weight excluding hydrogens is 212 g/mol. The molecule has 1 unspecified atom stereocenters. The molecule has 1 aliphatic carbocycles. The van der Waals surface area contributed by atoms with Crippen LogP contribution in [0.15, 0.2) is 0 Å². The van der Waals surface area contributed by atoms with Crippen LogP contribution in [0.4, 0.5) is 0 Å². The minimum Gasteiger partial charge on any atom is -0.337 e. The summed E-state index contributed by atoms with van der Waals surface area (Å²) in [6.07, 6.45) is 5.61. The van der Waals surface area contributed by atoms with Crippen LogP contribution in [-0.4, -0.2) is 47.9 Å². The first-order chi connectivity index (χ1) is 8.13. The third-order valence-electron chi connectivity index (χ3n) is 4.41. The molecule has 3 nitrogen and oxygen atoms in total. The Morgan fingerprint density at radius 3 is 2.35 bits per heavy atom. The summed E-state index contributed by atoms with van der Waals surface area (Å²) in [6.45, 7) is 6.63. The van der Waals surface area contributed by atoms with Crippen LogP contribution in [-0.2, 0) is 4.79 Å². The van der Waals surface area contributed by atoms with Gasteiger partial charge in [0.15, 0.2) is 0 Å². The molecule has 3 heteroatoms. The monoisotopic (exact) mass is 238 g/mol.